The van der Waals surface area contributed by atoms with E-state index in [-0.39, 0.29) is 31.1 Å². The average molecular weight is 956 g/mol. The number of ether oxygens (including phenoxy) is 3. The summed E-state index contributed by atoms with van der Waals surface area (Å²) in [5.74, 6) is -0.877. The normalized spacial score (nSPS) is 12.2. The van der Waals surface area contributed by atoms with Crippen LogP contribution in [0, 0.1) is 0 Å². The van der Waals surface area contributed by atoms with Crippen molar-refractivity contribution in [3.63, 3.8) is 0 Å². The Morgan fingerprint density at radius 2 is 0.559 bits per heavy atom. The van der Waals surface area contributed by atoms with Crippen LogP contribution in [0.4, 0.5) is 0 Å². The van der Waals surface area contributed by atoms with Crippen LogP contribution in [0.15, 0.2) is 36.5 Å². The summed E-state index contributed by atoms with van der Waals surface area (Å²) in [4.78, 5) is 38.1. The third-order valence-electron chi connectivity index (χ3n) is 13.3. The van der Waals surface area contributed by atoms with Crippen LogP contribution < -0.4 is 0 Å². The Kier molecular flexibility index (Phi) is 55.2. The summed E-state index contributed by atoms with van der Waals surface area (Å²) in [6.07, 6.45) is 68.7. The third-order valence-corrected chi connectivity index (χ3v) is 13.3. The molecule has 0 aliphatic rings. The highest BCUT2D eigenvalue weighted by Gasteiger charge is 2.19. The van der Waals surface area contributed by atoms with E-state index in [1.165, 1.54) is 199 Å². The molecule has 0 bridgehead atoms. The van der Waals surface area contributed by atoms with Gasteiger partial charge >= 0.3 is 17.9 Å². The van der Waals surface area contributed by atoms with Gasteiger partial charge in [-0.25, -0.2) is 0 Å². The number of esters is 3. The van der Waals surface area contributed by atoms with E-state index in [1.807, 2.05) is 0 Å². The van der Waals surface area contributed by atoms with Gasteiger partial charge in [-0.2, -0.15) is 0 Å². The Balaban J connectivity index is 4.22. The van der Waals surface area contributed by atoms with E-state index in [2.05, 4.69) is 57.2 Å². The summed E-state index contributed by atoms with van der Waals surface area (Å²) in [6.45, 7) is 6.58. The van der Waals surface area contributed by atoms with Gasteiger partial charge in [0.25, 0.3) is 0 Å². The number of allylic oxidation sites excluding steroid dienone is 6. The van der Waals surface area contributed by atoms with E-state index in [4.69, 9.17) is 14.2 Å². The lowest BCUT2D eigenvalue weighted by molar-refractivity contribution is -0.167. The minimum Gasteiger partial charge on any atom is -0.462 e. The summed E-state index contributed by atoms with van der Waals surface area (Å²) in [5, 5.41) is 0. The molecule has 0 aliphatic carbocycles. The summed E-state index contributed by atoms with van der Waals surface area (Å²) in [5.41, 5.74) is 0. The molecule has 0 heterocycles. The number of rotatable bonds is 55. The van der Waals surface area contributed by atoms with Crippen molar-refractivity contribution in [2.45, 2.75) is 329 Å². The quantitative estimate of drug-likeness (QED) is 0.0262. The first-order valence-corrected chi connectivity index (χ1v) is 30.0. The standard InChI is InChI=1S/C62H114O6/c1-4-7-10-13-16-19-22-24-26-28-29-30-31-32-33-35-36-38-40-43-46-49-52-55-61(64)67-58-59(57-66-60(63)54-51-48-45-42-21-18-15-12-9-6-3)68-62(65)56-53-50-47-44-41-39-37-34-27-25-23-20-17-14-11-8-5-2/h12,15,17,20,25,27,59H,4-11,13-14,16,18-19,21-24,26,28-58H2,1-3H3/b15-12-,20-17-,27-25-. The number of unbranched alkanes of at least 4 members (excludes halogenated alkanes) is 38. The van der Waals surface area contributed by atoms with Crippen molar-refractivity contribution in [2.75, 3.05) is 13.2 Å². The molecule has 1 atom stereocenters. The van der Waals surface area contributed by atoms with Gasteiger partial charge in [0.1, 0.15) is 13.2 Å². The topological polar surface area (TPSA) is 78.9 Å². The largest absolute Gasteiger partial charge is 0.462 e. The van der Waals surface area contributed by atoms with Crippen LogP contribution >= 0.6 is 0 Å². The van der Waals surface area contributed by atoms with Gasteiger partial charge in [0.15, 0.2) is 6.10 Å². The summed E-state index contributed by atoms with van der Waals surface area (Å²) in [6, 6.07) is 0. The smallest absolute Gasteiger partial charge is 0.306 e. The lowest BCUT2D eigenvalue weighted by atomic mass is 10.0. The number of carbonyl (C=O) groups excluding carboxylic acids is 3. The van der Waals surface area contributed by atoms with Crippen molar-refractivity contribution in [2.24, 2.45) is 0 Å². The minimum absolute atomic E-state index is 0.0746. The van der Waals surface area contributed by atoms with E-state index in [1.54, 1.807) is 0 Å². The van der Waals surface area contributed by atoms with Gasteiger partial charge in [0.05, 0.1) is 0 Å². The van der Waals surface area contributed by atoms with Crippen LogP contribution in [0.5, 0.6) is 0 Å². The van der Waals surface area contributed by atoms with E-state index >= 15 is 0 Å². The van der Waals surface area contributed by atoms with Crippen molar-refractivity contribution in [3.05, 3.63) is 36.5 Å². The molecular weight excluding hydrogens is 841 g/mol. The Hall–Kier alpha value is -2.37. The molecule has 0 amide bonds. The minimum atomic E-state index is -0.776. The molecule has 0 fully saturated rings. The first-order chi connectivity index (χ1) is 33.5. The summed E-state index contributed by atoms with van der Waals surface area (Å²) < 4.78 is 16.9. The Morgan fingerprint density at radius 1 is 0.294 bits per heavy atom. The van der Waals surface area contributed by atoms with E-state index in [0.717, 1.165) is 83.5 Å². The number of carbonyl (C=O) groups is 3. The van der Waals surface area contributed by atoms with Crippen molar-refractivity contribution in [3.8, 4) is 0 Å². The highest BCUT2D eigenvalue weighted by molar-refractivity contribution is 5.71. The van der Waals surface area contributed by atoms with Crippen molar-refractivity contribution < 1.29 is 28.6 Å². The molecule has 0 aliphatic heterocycles. The fourth-order valence-electron chi connectivity index (χ4n) is 8.83. The van der Waals surface area contributed by atoms with Crippen LogP contribution in [0.3, 0.4) is 0 Å². The van der Waals surface area contributed by atoms with Crippen LogP contribution in [-0.4, -0.2) is 37.2 Å². The Bertz CT molecular complexity index is 1140. The molecule has 0 radical (unpaired) electrons. The highest BCUT2D eigenvalue weighted by Crippen LogP contribution is 2.17. The molecule has 1 unspecified atom stereocenters. The zero-order chi connectivity index (χ0) is 49.3. The zero-order valence-electron chi connectivity index (χ0n) is 45.6. The molecule has 0 rings (SSSR count). The van der Waals surface area contributed by atoms with Gasteiger partial charge in [0.2, 0.25) is 0 Å². The van der Waals surface area contributed by atoms with Crippen LogP contribution in [-0.2, 0) is 28.6 Å². The maximum atomic E-state index is 12.8. The van der Waals surface area contributed by atoms with E-state index in [0.29, 0.717) is 19.3 Å². The molecule has 0 aromatic carbocycles. The number of hydrogen-bond acceptors (Lipinski definition) is 6. The van der Waals surface area contributed by atoms with Crippen LogP contribution in [0.25, 0.3) is 0 Å². The van der Waals surface area contributed by atoms with Gasteiger partial charge in [-0.05, 0) is 70.6 Å². The molecule has 6 heteroatoms. The molecule has 0 aromatic heterocycles. The third kappa shape index (κ3) is 54.6. The first-order valence-electron chi connectivity index (χ1n) is 30.0. The summed E-state index contributed by atoms with van der Waals surface area (Å²) in [7, 11) is 0. The van der Waals surface area contributed by atoms with E-state index < -0.39 is 6.10 Å². The van der Waals surface area contributed by atoms with Gasteiger partial charge in [-0.1, -0.05) is 269 Å². The predicted molar refractivity (Wildman–Crippen MR) is 293 cm³/mol. The fraction of sp³-hybridized carbons (Fsp3) is 0.855. The monoisotopic (exact) mass is 955 g/mol. The molecule has 0 spiro atoms. The maximum absolute atomic E-state index is 12.8. The zero-order valence-corrected chi connectivity index (χ0v) is 45.6. The van der Waals surface area contributed by atoms with Gasteiger partial charge in [0, 0.05) is 19.3 Å². The summed E-state index contributed by atoms with van der Waals surface area (Å²) >= 11 is 0. The molecule has 68 heavy (non-hydrogen) atoms. The lowest BCUT2D eigenvalue weighted by Gasteiger charge is -2.18. The average Bonchev–Trinajstić information content (AvgIpc) is 3.34. The fourth-order valence-corrected chi connectivity index (χ4v) is 8.83. The molecule has 0 N–H and O–H groups in total. The van der Waals surface area contributed by atoms with Crippen molar-refractivity contribution >= 4 is 17.9 Å². The molecule has 0 saturated heterocycles. The highest BCUT2D eigenvalue weighted by atomic mass is 16.6. The van der Waals surface area contributed by atoms with Crippen LogP contribution in [0.2, 0.25) is 0 Å². The SMILES string of the molecule is CCC/C=C\CCCCCCCC(=O)OCC(COC(=O)CCCCCCCCCCCCCCCCCCCCCCCCC)OC(=O)CCCCCCCCC/C=C\C/C=C\CCCCC. The second-order valence-electron chi connectivity index (χ2n) is 20.3. The maximum Gasteiger partial charge on any atom is 0.306 e. The van der Waals surface area contributed by atoms with Gasteiger partial charge < -0.3 is 14.2 Å². The van der Waals surface area contributed by atoms with Gasteiger partial charge in [-0.3, -0.25) is 14.4 Å². The first kappa shape index (κ1) is 65.6. The molecule has 0 saturated carbocycles. The molecule has 0 aromatic rings. The number of hydrogen-bond donors (Lipinski definition) is 0. The second kappa shape index (κ2) is 57.2. The van der Waals surface area contributed by atoms with Crippen molar-refractivity contribution in [1.82, 2.24) is 0 Å². The second-order valence-corrected chi connectivity index (χ2v) is 20.3. The lowest BCUT2D eigenvalue weighted by Crippen LogP contribution is -2.30. The molecule has 6 nitrogen and oxygen atoms in total. The van der Waals surface area contributed by atoms with Gasteiger partial charge in [-0.15, -0.1) is 0 Å². The predicted octanol–water partition coefficient (Wildman–Crippen LogP) is 20.0. The molecular formula is C62H114O6. The van der Waals surface area contributed by atoms with E-state index in [9.17, 15) is 14.4 Å². The Labute approximate surface area is 423 Å². The van der Waals surface area contributed by atoms with Crippen molar-refractivity contribution in [1.29, 1.82) is 0 Å². The van der Waals surface area contributed by atoms with Crippen LogP contribution in [0.1, 0.15) is 323 Å². The molecule has 398 valence electrons. The Morgan fingerprint density at radius 3 is 0.912 bits per heavy atom.